The lowest BCUT2D eigenvalue weighted by Gasteiger charge is -2.22. The molecule has 1 aromatic rings. The van der Waals surface area contributed by atoms with Gasteiger partial charge in [-0.2, -0.15) is 4.99 Å². The van der Waals surface area contributed by atoms with Gasteiger partial charge in [0.05, 0.1) is 4.91 Å². The summed E-state index contributed by atoms with van der Waals surface area (Å²) in [6, 6.07) is 7.81. The third kappa shape index (κ3) is 2.29. The van der Waals surface area contributed by atoms with Crippen molar-refractivity contribution in [1.82, 2.24) is 0 Å². The molecule has 2 heterocycles. The summed E-state index contributed by atoms with van der Waals surface area (Å²) in [7, 11) is 0. The zero-order chi connectivity index (χ0) is 13.4. The van der Waals surface area contributed by atoms with Crippen molar-refractivity contribution in [1.29, 1.82) is 0 Å². The summed E-state index contributed by atoms with van der Waals surface area (Å²) < 4.78 is 5.81. The van der Waals surface area contributed by atoms with Gasteiger partial charge in [0.1, 0.15) is 11.9 Å². The minimum atomic E-state index is -0.283. The number of hydrogen-bond donors (Lipinski definition) is 1. The van der Waals surface area contributed by atoms with E-state index in [1.54, 1.807) is 6.08 Å². The second-order valence-corrected chi connectivity index (χ2v) is 5.37. The van der Waals surface area contributed by atoms with Crippen LogP contribution in [0.4, 0.5) is 0 Å². The predicted octanol–water partition coefficient (Wildman–Crippen LogP) is 2.32. The Balaban J connectivity index is 1.96. The quantitative estimate of drug-likeness (QED) is 0.797. The van der Waals surface area contributed by atoms with Crippen molar-refractivity contribution in [3.05, 3.63) is 46.4 Å². The summed E-state index contributed by atoms with van der Waals surface area (Å²) in [5, 5.41) is 0.293. The highest BCUT2D eigenvalue weighted by atomic mass is 32.2. The van der Waals surface area contributed by atoms with Gasteiger partial charge >= 0.3 is 0 Å². The van der Waals surface area contributed by atoms with Gasteiger partial charge in [-0.05, 0) is 42.5 Å². The molecule has 0 bridgehead atoms. The monoisotopic (exact) mass is 272 g/mol. The molecule has 0 aliphatic carbocycles. The van der Waals surface area contributed by atoms with Gasteiger partial charge in [-0.15, -0.1) is 0 Å². The smallest absolute Gasteiger partial charge is 0.286 e. The molecule has 0 unspecified atom stereocenters. The van der Waals surface area contributed by atoms with Crippen LogP contribution >= 0.6 is 11.8 Å². The topological polar surface area (TPSA) is 64.7 Å². The number of amidine groups is 1. The molecule has 2 aliphatic heterocycles. The number of thioether (sulfide) groups is 1. The fraction of sp³-hybridized carbons (Fsp3) is 0.143. The standard InChI is InChI=1S/C14H12N2O2S/c1-8-10(7-12-13(17)16-14(15)19-12)6-9-4-2-3-5-11(9)18-8/h2-8H,1H3,(H2,15,16,17)/b12-7-/t8-/m0/s1. The molecule has 19 heavy (non-hydrogen) atoms. The van der Waals surface area contributed by atoms with E-state index >= 15 is 0 Å². The van der Waals surface area contributed by atoms with Gasteiger partial charge in [0.25, 0.3) is 5.91 Å². The van der Waals surface area contributed by atoms with Crippen molar-refractivity contribution >= 4 is 28.9 Å². The molecule has 96 valence electrons. The molecular formula is C14H12N2O2S. The Kier molecular flexibility index (Phi) is 2.91. The maximum Gasteiger partial charge on any atom is 0.286 e. The van der Waals surface area contributed by atoms with Crippen LogP contribution in [0.25, 0.3) is 6.08 Å². The first-order chi connectivity index (χ1) is 9.13. The number of nitrogens with two attached hydrogens (primary N) is 1. The second kappa shape index (κ2) is 4.59. The molecule has 0 radical (unpaired) electrons. The number of hydrogen-bond acceptors (Lipinski definition) is 4. The van der Waals surface area contributed by atoms with Crippen molar-refractivity contribution in [2.24, 2.45) is 10.7 Å². The Morgan fingerprint density at radius 1 is 1.42 bits per heavy atom. The summed E-state index contributed by atoms with van der Waals surface area (Å²) in [5.41, 5.74) is 7.49. The number of nitrogens with zero attached hydrogens (tertiary/aromatic N) is 1. The number of amides is 1. The van der Waals surface area contributed by atoms with Crippen LogP contribution in [-0.4, -0.2) is 17.2 Å². The third-order valence-corrected chi connectivity index (χ3v) is 3.76. The van der Waals surface area contributed by atoms with Crippen LogP contribution in [0.3, 0.4) is 0 Å². The van der Waals surface area contributed by atoms with E-state index in [-0.39, 0.29) is 12.0 Å². The SMILES string of the molecule is C[C@@H]1Oc2ccccc2C=C1/C=C1\SC(N)=NC1=O. The summed E-state index contributed by atoms with van der Waals surface area (Å²) >= 11 is 1.19. The molecule has 5 heteroatoms. The van der Waals surface area contributed by atoms with Gasteiger partial charge in [0.2, 0.25) is 0 Å². The largest absolute Gasteiger partial charge is 0.485 e. The van der Waals surface area contributed by atoms with E-state index in [1.165, 1.54) is 11.8 Å². The number of benzene rings is 1. The zero-order valence-electron chi connectivity index (χ0n) is 10.3. The summed E-state index contributed by atoms with van der Waals surface area (Å²) in [6.07, 6.45) is 3.73. The lowest BCUT2D eigenvalue weighted by molar-refractivity contribution is -0.113. The molecule has 1 aromatic carbocycles. The van der Waals surface area contributed by atoms with Crippen molar-refractivity contribution in [3.63, 3.8) is 0 Å². The number of rotatable bonds is 1. The number of carbonyl (C=O) groups is 1. The van der Waals surface area contributed by atoms with E-state index in [0.717, 1.165) is 16.9 Å². The molecule has 0 spiro atoms. The van der Waals surface area contributed by atoms with Crippen LogP contribution in [0, 0.1) is 0 Å². The van der Waals surface area contributed by atoms with Crippen LogP contribution in [0.15, 0.2) is 45.8 Å². The molecule has 1 atom stereocenters. The molecule has 3 rings (SSSR count). The van der Waals surface area contributed by atoms with Gasteiger partial charge in [0.15, 0.2) is 5.17 Å². The summed E-state index contributed by atoms with van der Waals surface area (Å²) in [5.74, 6) is 0.577. The van der Waals surface area contributed by atoms with Crippen molar-refractivity contribution in [2.45, 2.75) is 13.0 Å². The van der Waals surface area contributed by atoms with E-state index in [9.17, 15) is 4.79 Å². The zero-order valence-corrected chi connectivity index (χ0v) is 11.1. The van der Waals surface area contributed by atoms with E-state index in [1.807, 2.05) is 37.3 Å². The van der Waals surface area contributed by atoms with E-state index in [2.05, 4.69) is 4.99 Å². The highest BCUT2D eigenvalue weighted by molar-refractivity contribution is 8.18. The highest BCUT2D eigenvalue weighted by Gasteiger charge is 2.23. The molecule has 2 aliphatic rings. The fourth-order valence-electron chi connectivity index (χ4n) is 2.00. The van der Waals surface area contributed by atoms with Crippen LogP contribution in [-0.2, 0) is 4.79 Å². The van der Waals surface area contributed by atoms with Gasteiger partial charge in [0, 0.05) is 5.56 Å². The van der Waals surface area contributed by atoms with Crippen LogP contribution in [0.5, 0.6) is 5.75 Å². The Hall–Kier alpha value is -2.01. The normalized spacial score (nSPS) is 23.7. The molecule has 1 amide bonds. The molecule has 2 N–H and O–H groups in total. The highest BCUT2D eigenvalue weighted by Crippen LogP contribution is 2.32. The Morgan fingerprint density at radius 2 is 2.21 bits per heavy atom. The number of para-hydroxylation sites is 1. The van der Waals surface area contributed by atoms with E-state index < -0.39 is 0 Å². The summed E-state index contributed by atoms with van der Waals surface area (Å²) in [4.78, 5) is 15.8. The minimum Gasteiger partial charge on any atom is -0.485 e. The molecule has 0 saturated carbocycles. The van der Waals surface area contributed by atoms with Gasteiger partial charge in [-0.3, -0.25) is 4.79 Å². The van der Waals surface area contributed by atoms with E-state index in [0.29, 0.717) is 10.1 Å². The van der Waals surface area contributed by atoms with E-state index in [4.69, 9.17) is 10.5 Å². The Bertz CT molecular complexity index is 647. The Labute approximate surface area is 115 Å². The molecule has 0 aromatic heterocycles. The fourth-order valence-corrected chi connectivity index (χ4v) is 2.68. The minimum absolute atomic E-state index is 0.0994. The third-order valence-electron chi connectivity index (χ3n) is 2.95. The maximum atomic E-state index is 11.6. The second-order valence-electron chi connectivity index (χ2n) is 4.31. The maximum absolute atomic E-state index is 11.6. The van der Waals surface area contributed by atoms with Gasteiger partial charge in [-0.25, -0.2) is 0 Å². The number of aliphatic imine (C=N–C) groups is 1. The predicted molar refractivity (Wildman–Crippen MR) is 76.8 cm³/mol. The van der Waals surface area contributed by atoms with Gasteiger partial charge in [-0.1, -0.05) is 18.2 Å². The summed E-state index contributed by atoms with van der Waals surface area (Å²) in [6.45, 7) is 1.95. The number of fused-ring (bicyclic) bond motifs is 1. The molecule has 4 nitrogen and oxygen atoms in total. The van der Waals surface area contributed by atoms with Crippen LogP contribution in [0.1, 0.15) is 12.5 Å². The first kappa shape index (κ1) is 12.0. The Morgan fingerprint density at radius 3 is 2.95 bits per heavy atom. The molecule has 0 fully saturated rings. The van der Waals surface area contributed by atoms with Crippen molar-refractivity contribution in [2.75, 3.05) is 0 Å². The number of ether oxygens (including phenoxy) is 1. The average Bonchev–Trinajstić information content (AvgIpc) is 2.69. The molecular weight excluding hydrogens is 260 g/mol. The van der Waals surface area contributed by atoms with Crippen molar-refractivity contribution in [3.8, 4) is 5.75 Å². The van der Waals surface area contributed by atoms with Crippen LogP contribution in [0.2, 0.25) is 0 Å². The average molecular weight is 272 g/mol. The van der Waals surface area contributed by atoms with Crippen molar-refractivity contribution < 1.29 is 9.53 Å². The van der Waals surface area contributed by atoms with Gasteiger partial charge < -0.3 is 10.5 Å². The lowest BCUT2D eigenvalue weighted by Crippen LogP contribution is -2.18. The first-order valence-electron chi connectivity index (χ1n) is 5.89. The molecule has 0 saturated heterocycles. The first-order valence-corrected chi connectivity index (χ1v) is 6.70. The number of carbonyl (C=O) groups excluding carboxylic acids is 1. The lowest BCUT2D eigenvalue weighted by atomic mass is 10.0. The van der Waals surface area contributed by atoms with Crippen LogP contribution < -0.4 is 10.5 Å².